The fourth-order valence-corrected chi connectivity index (χ4v) is 2.39. The highest BCUT2D eigenvalue weighted by Crippen LogP contribution is 2.13. The topological polar surface area (TPSA) is 43.7 Å². The van der Waals surface area contributed by atoms with Crippen LogP contribution in [0, 0.1) is 11.7 Å². The number of hydrogen-bond donors (Lipinski definition) is 2. The van der Waals surface area contributed by atoms with Gasteiger partial charge in [0.1, 0.15) is 5.82 Å². The zero-order valence-corrected chi connectivity index (χ0v) is 12.6. The van der Waals surface area contributed by atoms with Crippen LogP contribution in [0.5, 0.6) is 0 Å². The summed E-state index contributed by atoms with van der Waals surface area (Å²) in [5, 5.41) is 18.3. The largest absolute Gasteiger partial charge is 0.488 e. The molecule has 0 atom stereocenters. The lowest BCUT2D eigenvalue weighted by Gasteiger charge is -2.25. The Morgan fingerprint density at radius 2 is 1.80 bits per heavy atom. The Kier molecular flexibility index (Phi) is 7.20. The fourth-order valence-electron chi connectivity index (χ4n) is 2.39. The van der Waals surface area contributed by atoms with Crippen LogP contribution < -0.4 is 5.46 Å². The van der Waals surface area contributed by atoms with E-state index in [0.717, 1.165) is 37.6 Å². The van der Waals surface area contributed by atoms with E-state index in [0.29, 0.717) is 12.5 Å². The van der Waals surface area contributed by atoms with E-state index < -0.39 is 12.9 Å². The molecule has 2 N–H and O–H groups in total. The van der Waals surface area contributed by atoms with Crippen LogP contribution in [0.1, 0.15) is 39.2 Å². The van der Waals surface area contributed by atoms with E-state index in [-0.39, 0.29) is 5.46 Å². The van der Waals surface area contributed by atoms with Gasteiger partial charge in [0.25, 0.3) is 0 Å². The van der Waals surface area contributed by atoms with Crippen molar-refractivity contribution in [3.8, 4) is 0 Å². The quantitative estimate of drug-likeness (QED) is 0.714. The summed E-state index contributed by atoms with van der Waals surface area (Å²) in [5.41, 5.74) is 0.986. The highest BCUT2D eigenvalue weighted by atomic mass is 19.1. The lowest BCUT2D eigenvalue weighted by atomic mass is 9.79. The summed E-state index contributed by atoms with van der Waals surface area (Å²) in [6.45, 7) is 8.96. The highest BCUT2D eigenvalue weighted by Gasteiger charge is 2.15. The van der Waals surface area contributed by atoms with Crippen molar-refractivity contribution in [3.05, 3.63) is 29.6 Å². The molecule has 0 radical (unpaired) electrons. The van der Waals surface area contributed by atoms with Gasteiger partial charge in [0.2, 0.25) is 0 Å². The monoisotopic (exact) mass is 281 g/mol. The van der Waals surface area contributed by atoms with Crippen LogP contribution in [0.2, 0.25) is 0 Å². The van der Waals surface area contributed by atoms with Gasteiger partial charge in [0.05, 0.1) is 0 Å². The van der Waals surface area contributed by atoms with Gasteiger partial charge < -0.3 is 10.0 Å². The van der Waals surface area contributed by atoms with Crippen LogP contribution >= 0.6 is 0 Å². The van der Waals surface area contributed by atoms with Gasteiger partial charge in [-0.25, -0.2) is 4.39 Å². The number of halogens is 1. The highest BCUT2D eigenvalue weighted by molar-refractivity contribution is 6.58. The molecule has 0 aliphatic rings. The summed E-state index contributed by atoms with van der Waals surface area (Å²) in [7, 11) is -1.63. The van der Waals surface area contributed by atoms with Crippen molar-refractivity contribution < 1.29 is 14.4 Å². The third-order valence-electron chi connectivity index (χ3n) is 3.80. The predicted octanol–water partition coefficient (Wildman–Crippen LogP) is 1.76. The minimum Gasteiger partial charge on any atom is -0.423 e. The van der Waals surface area contributed by atoms with Gasteiger partial charge in [-0.15, -0.1) is 0 Å². The zero-order chi connectivity index (χ0) is 15.1. The van der Waals surface area contributed by atoms with Crippen LogP contribution in [0.3, 0.4) is 0 Å². The van der Waals surface area contributed by atoms with Crippen molar-refractivity contribution in [2.75, 3.05) is 13.1 Å². The third-order valence-corrected chi connectivity index (χ3v) is 3.80. The maximum absolute atomic E-state index is 13.5. The second-order valence-corrected chi connectivity index (χ2v) is 5.28. The summed E-state index contributed by atoms with van der Waals surface area (Å²) in [4.78, 5) is 2.26. The van der Waals surface area contributed by atoms with E-state index in [4.69, 9.17) is 10.0 Å². The van der Waals surface area contributed by atoms with Gasteiger partial charge in [0.15, 0.2) is 0 Å². The Morgan fingerprint density at radius 3 is 2.30 bits per heavy atom. The van der Waals surface area contributed by atoms with Crippen molar-refractivity contribution in [1.82, 2.24) is 4.90 Å². The lowest BCUT2D eigenvalue weighted by molar-refractivity contribution is 0.226. The SMILES string of the molecule is CCC(CC)CN(CC)Cc1cc(F)cc(B(O)O)c1. The molecule has 5 heteroatoms. The Morgan fingerprint density at radius 1 is 1.15 bits per heavy atom. The average molecular weight is 281 g/mol. The van der Waals surface area contributed by atoms with E-state index in [1.54, 1.807) is 6.07 Å². The first-order chi connectivity index (χ1) is 9.49. The summed E-state index contributed by atoms with van der Waals surface area (Å²) in [5.74, 6) is 0.218. The standard InChI is InChI=1S/C15H25BFNO2/c1-4-12(5-2)10-18(6-3)11-13-7-14(16(19)20)9-15(17)8-13/h7-9,12,19-20H,4-6,10-11H2,1-3H3. The molecule has 0 aliphatic carbocycles. The van der Waals surface area contributed by atoms with Crippen molar-refractivity contribution in [1.29, 1.82) is 0 Å². The van der Waals surface area contributed by atoms with Gasteiger partial charge in [-0.1, -0.05) is 39.7 Å². The molecule has 0 saturated heterocycles. The van der Waals surface area contributed by atoms with Crippen LogP contribution in [0.4, 0.5) is 4.39 Å². The average Bonchev–Trinajstić information content (AvgIpc) is 2.42. The summed E-state index contributed by atoms with van der Waals surface area (Å²) in [6.07, 6.45) is 2.27. The maximum atomic E-state index is 13.5. The first kappa shape index (κ1) is 17.1. The normalized spacial score (nSPS) is 11.4. The van der Waals surface area contributed by atoms with Gasteiger partial charge in [-0.3, -0.25) is 4.90 Å². The lowest BCUT2D eigenvalue weighted by Crippen LogP contribution is -2.32. The minimum absolute atomic E-state index is 0.207. The minimum atomic E-state index is -1.63. The van der Waals surface area contributed by atoms with E-state index in [1.165, 1.54) is 6.07 Å². The van der Waals surface area contributed by atoms with E-state index >= 15 is 0 Å². The van der Waals surface area contributed by atoms with E-state index in [2.05, 4.69) is 25.7 Å². The molecule has 0 fully saturated rings. The van der Waals surface area contributed by atoms with Crippen LogP contribution in [0.15, 0.2) is 18.2 Å². The Bertz CT molecular complexity index is 411. The second kappa shape index (κ2) is 8.40. The molecule has 0 heterocycles. The summed E-state index contributed by atoms with van der Waals surface area (Å²) < 4.78 is 13.5. The summed E-state index contributed by atoms with van der Waals surface area (Å²) >= 11 is 0. The Hall–Kier alpha value is -0.905. The summed E-state index contributed by atoms with van der Waals surface area (Å²) in [6, 6.07) is 4.27. The second-order valence-electron chi connectivity index (χ2n) is 5.28. The molecule has 1 aromatic rings. The van der Waals surface area contributed by atoms with E-state index in [1.807, 2.05) is 0 Å². The van der Waals surface area contributed by atoms with Crippen LogP contribution in [-0.4, -0.2) is 35.2 Å². The molecular formula is C15H25BFNO2. The molecule has 112 valence electrons. The Labute approximate surface area is 121 Å². The number of rotatable bonds is 8. The fraction of sp³-hybridized carbons (Fsp3) is 0.600. The first-order valence-electron chi connectivity index (χ1n) is 7.37. The van der Waals surface area contributed by atoms with Crippen LogP contribution in [0.25, 0.3) is 0 Å². The molecule has 0 aromatic heterocycles. The molecule has 0 saturated carbocycles. The van der Waals surface area contributed by atoms with E-state index in [9.17, 15) is 4.39 Å². The first-order valence-corrected chi connectivity index (χ1v) is 7.37. The van der Waals surface area contributed by atoms with Crippen molar-refractivity contribution >= 4 is 12.6 Å². The molecule has 20 heavy (non-hydrogen) atoms. The third kappa shape index (κ3) is 5.23. The molecule has 1 aromatic carbocycles. The molecule has 0 aliphatic heterocycles. The molecular weight excluding hydrogens is 256 g/mol. The van der Waals surface area contributed by atoms with Crippen molar-refractivity contribution in [2.45, 2.75) is 40.2 Å². The van der Waals surface area contributed by atoms with Crippen molar-refractivity contribution in [2.24, 2.45) is 5.92 Å². The van der Waals surface area contributed by atoms with Gasteiger partial charge in [-0.2, -0.15) is 0 Å². The molecule has 0 amide bonds. The molecule has 3 nitrogen and oxygen atoms in total. The molecule has 0 unspecified atom stereocenters. The molecule has 0 bridgehead atoms. The maximum Gasteiger partial charge on any atom is 0.488 e. The van der Waals surface area contributed by atoms with Gasteiger partial charge in [-0.05, 0) is 35.6 Å². The molecule has 0 spiro atoms. The number of benzene rings is 1. The van der Waals surface area contributed by atoms with Gasteiger partial charge in [0, 0.05) is 13.1 Å². The van der Waals surface area contributed by atoms with Crippen LogP contribution in [-0.2, 0) is 6.54 Å². The zero-order valence-electron chi connectivity index (χ0n) is 12.6. The Balaban J connectivity index is 2.79. The van der Waals surface area contributed by atoms with Crippen molar-refractivity contribution in [3.63, 3.8) is 0 Å². The molecule has 1 rings (SSSR count). The smallest absolute Gasteiger partial charge is 0.423 e. The van der Waals surface area contributed by atoms with Gasteiger partial charge >= 0.3 is 7.12 Å². The number of nitrogens with zero attached hydrogens (tertiary/aromatic N) is 1. The number of hydrogen-bond acceptors (Lipinski definition) is 3. The predicted molar refractivity (Wildman–Crippen MR) is 81.2 cm³/mol.